The number of carbonyl (C=O) groups is 1. The summed E-state index contributed by atoms with van der Waals surface area (Å²) in [4.78, 5) is 27.1. The van der Waals surface area contributed by atoms with Crippen LogP contribution in [0.2, 0.25) is 10.0 Å². The van der Waals surface area contributed by atoms with Crippen LogP contribution in [0.4, 0.5) is 0 Å². The average molecular weight is 528 g/mol. The first kappa shape index (κ1) is 25.1. The van der Waals surface area contributed by atoms with Crippen LogP contribution >= 0.6 is 23.2 Å². The van der Waals surface area contributed by atoms with Gasteiger partial charge in [-0.2, -0.15) is 5.10 Å². The zero-order valence-electron chi connectivity index (χ0n) is 18.8. The van der Waals surface area contributed by atoms with Crippen molar-refractivity contribution in [3.8, 4) is 0 Å². The third-order valence-electron chi connectivity index (χ3n) is 6.55. The molecular weight excluding hydrogens is 501 g/mol. The Balaban J connectivity index is 1.42. The van der Waals surface area contributed by atoms with Gasteiger partial charge in [-0.3, -0.25) is 14.5 Å². The molecule has 1 aromatic carbocycles. The van der Waals surface area contributed by atoms with Crippen LogP contribution in [0.5, 0.6) is 0 Å². The Morgan fingerprint density at radius 3 is 2.68 bits per heavy atom. The van der Waals surface area contributed by atoms with Gasteiger partial charge in [0.05, 0.1) is 17.4 Å². The van der Waals surface area contributed by atoms with E-state index in [9.17, 15) is 18.0 Å². The van der Waals surface area contributed by atoms with Gasteiger partial charge in [0.15, 0.2) is 0 Å². The van der Waals surface area contributed by atoms with Crippen LogP contribution in [0.25, 0.3) is 0 Å². The van der Waals surface area contributed by atoms with Gasteiger partial charge in [0.25, 0.3) is 5.56 Å². The molecule has 3 aliphatic heterocycles. The standard InChI is InChI=1S/C22H27Cl2N5O4S/c1-13-10-16-12-28(22(13)34(32,33)26-9-8-15-6-4-3-5-7-15)19(16)27-20(30)14(2)29-21(31)18(24)17(23)11-25-29/h3-7,11,13-14,16,19,22,26H,8-10,12H2,1-2H3,(H,27,30)/t13?,14-,16?,19?,22?/m0/s1. The van der Waals surface area contributed by atoms with Gasteiger partial charge in [-0.25, -0.2) is 17.8 Å². The molecule has 0 saturated carbocycles. The zero-order valence-corrected chi connectivity index (χ0v) is 21.1. The number of hydrogen-bond donors (Lipinski definition) is 2. The Labute approximate surface area is 208 Å². The van der Waals surface area contributed by atoms with Crippen molar-refractivity contribution in [3.63, 3.8) is 0 Å². The number of nitrogens with zero attached hydrogens (tertiary/aromatic N) is 3. The number of carbonyl (C=O) groups excluding carboxylic acids is 1. The summed E-state index contributed by atoms with van der Waals surface area (Å²) < 4.78 is 30.1. The predicted octanol–water partition coefficient (Wildman–Crippen LogP) is 2.01. The van der Waals surface area contributed by atoms with E-state index in [0.717, 1.165) is 10.2 Å². The van der Waals surface area contributed by atoms with E-state index in [1.165, 1.54) is 13.1 Å². The summed E-state index contributed by atoms with van der Waals surface area (Å²) >= 11 is 11.7. The van der Waals surface area contributed by atoms with Crippen molar-refractivity contribution in [3.05, 3.63) is 62.5 Å². The Kier molecular flexibility index (Phi) is 7.35. The molecule has 6 atom stereocenters. The molecule has 0 aliphatic carbocycles. The van der Waals surface area contributed by atoms with E-state index >= 15 is 0 Å². The summed E-state index contributed by atoms with van der Waals surface area (Å²) in [6.07, 6.45) is 2.04. The van der Waals surface area contributed by atoms with Crippen molar-refractivity contribution >= 4 is 39.1 Å². The van der Waals surface area contributed by atoms with Gasteiger partial charge in [0, 0.05) is 19.0 Å². The lowest BCUT2D eigenvalue weighted by atomic mass is 9.79. The number of rotatable bonds is 8. The summed E-state index contributed by atoms with van der Waals surface area (Å²) in [6, 6.07) is 8.73. The number of hydrogen-bond acceptors (Lipinski definition) is 6. The maximum Gasteiger partial charge on any atom is 0.287 e. The third-order valence-corrected chi connectivity index (χ3v) is 9.28. The minimum atomic E-state index is -3.65. The van der Waals surface area contributed by atoms with Crippen molar-refractivity contribution in [1.29, 1.82) is 0 Å². The van der Waals surface area contributed by atoms with E-state index in [-0.39, 0.29) is 21.9 Å². The molecule has 2 bridgehead atoms. The third kappa shape index (κ3) is 4.87. The molecule has 2 aromatic rings. The first-order chi connectivity index (χ1) is 16.1. The molecule has 5 unspecified atom stereocenters. The van der Waals surface area contributed by atoms with E-state index in [1.54, 1.807) is 4.90 Å². The first-order valence-electron chi connectivity index (χ1n) is 11.1. The van der Waals surface area contributed by atoms with Crippen molar-refractivity contribution in [1.82, 2.24) is 24.7 Å². The fourth-order valence-electron chi connectivity index (χ4n) is 4.83. The lowest BCUT2D eigenvalue weighted by Gasteiger charge is -2.58. The maximum absolute atomic E-state index is 13.2. The highest BCUT2D eigenvalue weighted by Crippen LogP contribution is 2.42. The molecule has 1 amide bonds. The first-order valence-corrected chi connectivity index (χ1v) is 13.4. The predicted molar refractivity (Wildman–Crippen MR) is 130 cm³/mol. The molecule has 1 aromatic heterocycles. The average Bonchev–Trinajstić information content (AvgIpc) is 2.80. The van der Waals surface area contributed by atoms with Gasteiger partial charge in [-0.05, 0) is 31.2 Å². The van der Waals surface area contributed by atoms with Gasteiger partial charge in [-0.15, -0.1) is 0 Å². The van der Waals surface area contributed by atoms with Crippen molar-refractivity contribution < 1.29 is 13.2 Å². The van der Waals surface area contributed by atoms with Gasteiger partial charge in [0.2, 0.25) is 15.9 Å². The van der Waals surface area contributed by atoms with Crippen LogP contribution in [0, 0.1) is 11.8 Å². The Morgan fingerprint density at radius 2 is 1.97 bits per heavy atom. The van der Waals surface area contributed by atoms with Gasteiger partial charge < -0.3 is 5.32 Å². The van der Waals surface area contributed by atoms with Gasteiger partial charge in [0.1, 0.15) is 16.4 Å². The van der Waals surface area contributed by atoms with Gasteiger partial charge >= 0.3 is 0 Å². The molecule has 4 heterocycles. The SMILES string of the molecule is CC1CC2CN(C2NC(=O)[C@H](C)n2ncc(Cl)c(Cl)c2=O)C1S(=O)(=O)NCCc1ccccc1. The second-order valence-corrected chi connectivity index (χ2v) is 11.6. The van der Waals surface area contributed by atoms with Crippen LogP contribution in [0.15, 0.2) is 41.3 Å². The highest BCUT2D eigenvalue weighted by Gasteiger charge is 2.55. The number of nitrogens with one attached hydrogen (secondary N) is 2. The van der Waals surface area contributed by atoms with E-state index in [0.29, 0.717) is 25.9 Å². The molecule has 12 heteroatoms. The Bertz CT molecular complexity index is 1220. The molecule has 3 aliphatic rings. The molecule has 184 valence electrons. The minimum absolute atomic E-state index is 0.0111. The maximum atomic E-state index is 13.2. The van der Waals surface area contributed by atoms with E-state index in [2.05, 4.69) is 15.1 Å². The van der Waals surface area contributed by atoms with Crippen LogP contribution in [0.3, 0.4) is 0 Å². The summed E-state index contributed by atoms with van der Waals surface area (Å²) in [7, 11) is -3.65. The smallest absolute Gasteiger partial charge is 0.287 e. The van der Waals surface area contributed by atoms with Crippen molar-refractivity contribution in [2.45, 2.75) is 44.3 Å². The second-order valence-electron chi connectivity index (χ2n) is 8.92. The Morgan fingerprint density at radius 1 is 1.26 bits per heavy atom. The monoisotopic (exact) mass is 527 g/mol. The fourth-order valence-corrected chi connectivity index (χ4v) is 6.95. The Hall–Kier alpha value is -1.98. The fraction of sp³-hybridized carbons (Fsp3) is 0.500. The molecule has 34 heavy (non-hydrogen) atoms. The summed E-state index contributed by atoms with van der Waals surface area (Å²) in [5.74, 6) is -0.395. The normalized spacial score (nSPS) is 27.0. The number of benzene rings is 1. The molecule has 3 saturated heterocycles. The van der Waals surface area contributed by atoms with E-state index in [4.69, 9.17) is 23.2 Å². The summed E-state index contributed by atoms with van der Waals surface area (Å²) in [5, 5.41) is 5.87. The molecular formula is C22H27Cl2N5O4S. The number of amides is 1. The van der Waals surface area contributed by atoms with Crippen LogP contribution in [0.1, 0.15) is 31.9 Å². The molecule has 0 radical (unpaired) electrons. The van der Waals surface area contributed by atoms with E-state index in [1.807, 2.05) is 37.3 Å². The molecule has 0 spiro atoms. The number of sulfonamides is 1. The van der Waals surface area contributed by atoms with Crippen LogP contribution in [-0.2, 0) is 21.2 Å². The summed E-state index contributed by atoms with van der Waals surface area (Å²) in [6.45, 7) is 4.32. The highest BCUT2D eigenvalue weighted by atomic mass is 35.5. The zero-order chi connectivity index (χ0) is 24.6. The molecule has 5 rings (SSSR count). The number of fused-ring (bicyclic) bond motifs is 2. The molecule has 2 N–H and O–H groups in total. The second kappa shape index (κ2) is 9.94. The van der Waals surface area contributed by atoms with Crippen molar-refractivity contribution in [2.24, 2.45) is 11.8 Å². The van der Waals surface area contributed by atoms with Gasteiger partial charge in [-0.1, -0.05) is 60.5 Å². The molecule has 9 nitrogen and oxygen atoms in total. The quantitative estimate of drug-likeness (QED) is 0.542. The van der Waals surface area contributed by atoms with E-state index < -0.39 is 39.1 Å². The van der Waals surface area contributed by atoms with Crippen LogP contribution in [-0.4, -0.2) is 53.6 Å². The van der Waals surface area contributed by atoms with Crippen LogP contribution < -0.4 is 15.6 Å². The lowest BCUT2D eigenvalue weighted by molar-refractivity contribution is -0.137. The summed E-state index contributed by atoms with van der Waals surface area (Å²) in [5.41, 5.74) is 0.388. The number of piperidine rings is 2. The number of halogens is 2. The molecule has 3 fully saturated rings. The highest BCUT2D eigenvalue weighted by molar-refractivity contribution is 7.90. The van der Waals surface area contributed by atoms with Crippen molar-refractivity contribution in [2.75, 3.05) is 13.1 Å². The minimum Gasteiger partial charge on any atom is -0.338 e. The number of aromatic nitrogens is 2. The lowest BCUT2D eigenvalue weighted by Crippen LogP contribution is -2.74. The largest absolute Gasteiger partial charge is 0.338 e. The topological polar surface area (TPSA) is 113 Å².